The number of halogens is 4. The van der Waals surface area contributed by atoms with E-state index in [4.69, 9.17) is 16.3 Å². The summed E-state index contributed by atoms with van der Waals surface area (Å²) in [7, 11) is -0.431. The van der Waals surface area contributed by atoms with Crippen LogP contribution >= 0.6 is 11.6 Å². The van der Waals surface area contributed by atoms with Crippen molar-refractivity contribution in [1.82, 2.24) is 9.88 Å². The predicted octanol–water partition coefficient (Wildman–Crippen LogP) is 6.12. The molecule has 0 atom stereocenters. The van der Waals surface area contributed by atoms with Gasteiger partial charge in [0.15, 0.2) is 9.84 Å². The summed E-state index contributed by atoms with van der Waals surface area (Å²) >= 11 is 6.91. The maximum Gasteiger partial charge on any atom is 0.394 e. The summed E-state index contributed by atoms with van der Waals surface area (Å²) in [5, 5.41) is 7.30. The van der Waals surface area contributed by atoms with Gasteiger partial charge >= 0.3 is 6.18 Å². The van der Waals surface area contributed by atoms with Crippen LogP contribution in [0.15, 0.2) is 53.4 Å². The minimum Gasteiger partial charge on any atom is -0.495 e. The van der Waals surface area contributed by atoms with Gasteiger partial charge in [0.1, 0.15) is 5.75 Å². The summed E-state index contributed by atoms with van der Waals surface area (Å²) in [5.74, 6) is 6.15. The topological polar surface area (TPSA) is 72.4 Å². The third-order valence-corrected chi connectivity index (χ3v) is 8.86. The van der Waals surface area contributed by atoms with E-state index in [1.54, 1.807) is 19.2 Å². The monoisotopic (exact) mass is 615 g/mol. The average molecular weight is 616 g/mol. The SMILES string of the molecule is COc1cc(S(C)(=O)=O)ccc1NCC#Cc1c(CC(F)(F)F)n(C)c2c(Cl)c(-c3ccc4c(c3)CCNC4)ccc12. The van der Waals surface area contributed by atoms with Crippen molar-refractivity contribution in [3.8, 4) is 28.7 Å². The summed E-state index contributed by atoms with van der Waals surface area (Å²) < 4.78 is 71.5. The molecule has 3 aromatic carbocycles. The zero-order chi connectivity index (χ0) is 30.2. The van der Waals surface area contributed by atoms with Gasteiger partial charge in [0.05, 0.1) is 46.8 Å². The highest BCUT2D eigenvalue weighted by atomic mass is 35.5. The van der Waals surface area contributed by atoms with E-state index in [1.165, 1.54) is 34.9 Å². The van der Waals surface area contributed by atoms with Gasteiger partial charge in [-0.25, -0.2) is 8.42 Å². The molecule has 6 nitrogen and oxygen atoms in total. The Hall–Kier alpha value is -3.65. The number of fused-ring (bicyclic) bond motifs is 2. The van der Waals surface area contributed by atoms with Crippen LogP contribution in [0.4, 0.5) is 18.9 Å². The third-order valence-electron chi connectivity index (χ3n) is 7.37. The normalized spacial score (nSPS) is 13.4. The largest absolute Gasteiger partial charge is 0.495 e. The minimum atomic E-state index is -4.45. The van der Waals surface area contributed by atoms with Crippen LogP contribution in [0.5, 0.6) is 5.75 Å². The molecule has 0 unspecified atom stereocenters. The molecular weight excluding hydrogens is 587 g/mol. The summed E-state index contributed by atoms with van der Waals surface area (Å²) in [4.78, 5) is 0.104. The average Bonchev–Trinajstić information content (AvgIpc) is 3.20. The van der Waals surface area contributed by atoms with E-state index in [0.717, 1.165) is 36.9 Å². The number of hydrogen-bond acceptors (Lipinski definition) is 5. The molecule has 0 amide bonds. The summed E-state index contributed by atoms with van der Waals surface area (Å²) in [5.41, 5.74) is 5.39. The van der Waals surface area contributed by atoms with E-state index in [2.05, 4.69) is 34.6 Å². The first-order chi connectivity index (χ1) is 19.9. The van der Waals surface area contributed by atoms with Crippen molar-refractivity contribution in [1.29, 1.82) is 0 Å². The summed E-state index contributed by atoms with van der Waals surface area (Å²) in [6.07, 6.45) is -3.62. The molecule has 0 radical (unpaired) electrons. The molecule has 0 spiro atoms. The van der Waals surface area contributed by atoms with Crippen LogP contribution in [0.2, 0.25) is 5.02 Å². The van der Waals surface area contributed by atoms with E-state index in [-0.39, 0.29) is 22.7 Å². The van der Waals surface area contributed by atoms with Gasteiger partial charge in [0.25, 0.3) is 0 Å². The van der Waals surface area contributed by atoms with Crippen molar-refractivity contribution in [2.24, 2.45) is 7.05 Å². The fourth-order valence-corrected chi connectivity index (χ4v) is 6.31. The maximum absolute atomic E-state index is 13.7. The van der Waals surface area contributed by atoms with Crippen molar-refractivity contribution in [2.75, 3.05) is 31.8 Å². The van der Waals surface area contributed by atoms with Crippen LogP contribution in [0.3, 0.4) is 0 Å². The first kappa shape index (κ1) is 29.8. The molecule has 1 aliphatic heterocycles. The molecule has 0 saturated carbocycles. The van der Waals surface area contributed by atoms with Gasteiger partial charge in [0.2, 0.25) is 0 Å². The molecule has 0 aliphatic carbocycles. The Morgan fingerprint density at radius 3 is 2.62 bits per heavy atom. The van der Waals surface area contributed by atoms with Crippen molar-refractivity contribution in [3.05, 3.63) is 75.9 Å². The highest BCUT2D eigenvalue weighted by molar-refractivity contribution is 7.90. The number of rotatable bonds is 6. The summed E-state index contributed by atoms with van der Waals surface area (Å²) in [6, 6.07) is 14.2. The van der Waals surface area contributed by atoms with Crippen LogP contribution in [-0.2, 0) is 36.3 Å². The number of aromatic nitrogens is 1. The number of nitrogens with zero attached hydrogens (tertiary/aromatic N) is 1. The second-order valence-electron chi connectivity index (χ2n) is 10.2. The molecule has 1 aliphatic rings. The molecule has 0 bridgehead atoms. The van der Waals surface area contributed by atoms with Crippen molar-refractivity contribution in [3.63, 3.8) is 0 Å². The Balaban J connectivity index is 1.52. The van der Waals surface area contributed by atoms with Crippen LogP contribution in [0.1, 0.15) is 22.4 Å². The Bertz CT molecular complexity index is 1850. The van der Waals surface area contributed by atoms with Crippen molar-refractivity contribution < 1.29 is 26.3 Å². The number of ether oxygens (including phenoxy) is 1. The lowest BCUT2D eigenvalue weighted by molar-refractivity contribution is -0.128. The number of sulfone groups is 1. The van der Waals surface area contributed by atoms with E-state index < -0.39 is 22.4 Å². The van der Waals surface area contributed by atoms with E-state index in [1.807, 2.05) is 12.1 Å². The number of alkyl halides is 3. The lowest BCUT2D eigenvalue weighted by atomic mass is 9.95. The zero-order valence-electron chi connectivity index (χ0n) is 23.2. The Morgan fingerprint density at radius 1 is 1.12 bits per heavy atom. The molecule has 0 saturated heterocycles. The fourth-order valence-electron chi connectivity index (χ4n) is 5.28. The lowest BCUT2D eigenvalue weighted by Crippen LogP contribution is -2.23. The van der Waals surface area contributed by atoms with E-state index in [9.17, 15) is 21.6 Å². The Labute approximate surface area is 247 Å². The van der Waals surface area contributed by atoms with Gasteiger partial charge in [0, 0.05) is 42.6 Å². The lowest BCUT2D eigenvalue weighted by Gasteiger charge is -2.18. The molecule has 2 heterocycles. The summed E-state index contributed by atoms with van der Waals surface area (Å²) in [6.45, 7) is 1.76. The van der Waals surface area contributed by atoms with Crippen LogP contribution < -0.4 is 15.4 Å². The van der Waals surface area contributed by atoms with Gasteiger partial charge in [-0.3, -0.25) is 0 Å². The molecule has 11 heteroatoms. The molecule has 0 fully saturated rings. The van der Waals surface area contributed by atoms with Gasteiger partial charge in [-0.15, -0.1) is 0 Å². The second-order valence-corrected chi connectivity index (χ2v) is 12.6. The van der Waals surface area contributed by atoms with Crippen molar-refractivity contribution >= 4 is 38.0 Å². The highest BCUT2D eigenvalue weighted by Gasteiger charge is 2.32. The number of hydrogen-bond donors (Lipinski definition) is 2. The first-order valence-corrected chi connectivity index (χ1v) is 15.4. The predicted molar refractivity (Wildman–Crippen MR) is 160 cm³/mol. The smallest absolute Gasteiger partial charge is 0.394 e. The molecule has 2 N–H and O–H groups in total. The Kier molecular flexibility index (Phi) is 8.21. The van der Waals surface area contributed by atoms with Crippen LogP contribution in [0, 0.1) is 11.8 Å². The molecule has 220 valence electrons. The number of nitrogens with one attached hydrogen (secondary N) is 2. The zero-order valence-corrected chi connectivity index (χ0v) is 24.8. The maximum atomic E-state index is 13.7. The number of aryl methyl sites for hydroxylation is 1. The number of anilines is 1. The quantitative estimate of drug-likeness (QED) is 0.256. The number of methoxy groups -OCH3 is 1. The molecular formula is C31H29ClF3N3O3S. The molecule has 1 aromatic heterocycles. The first-order valence-electron chi connectivity index (χ1n) is 13.2. The van der Waals surface area contributed by atoms with Gasteiger partial charge < -0.3 is 19.9 Å². The van der Waals surface area contributed by atoms with Gasteiger partial charge in [-0.05, 0) is 41.8 Å². The molecule has 42 heavy (non-hydrogen) atoms. The molecule has 5 rings (SSSR count). The number of benzene rings is 3. The fraction of sp³-hybridized carbons (Fsp3) is 0.290. The third kappa shape index (κ3) is 6.09. The minimum absolute atomic E-state index is 0.0238. The van der Waals surface area contributed by atoms with Crippen molar-refractivity contribution in [2.45, 2.75) is 30.5 Å². The van der Waals surface area contributed by atoms with Crippen LogP contribution in [0.25, 0.3) is 22.0 Å². The van der Waals surface area contributed by atoms with E-state index in [0.29, 0.717) is 27.4 Å². The highest BCUT2D eigenvalue weighted by Crippen LogP contribution is 2.39. The second kappa shape index (κ2) is 11.6. The van der Waals surface area contributed by atoms with Gasteiger partial charge in [-0.2, -0.15) is 13.2 Å². The van der Waals surface area contributed by atoms with Gasteiger partial charge in [-0.1, -0.05) is 53.8 Å². The van der Waals surface area contributed by atoms with Crippen LogP contribution in [-0.4, -0.2) is 45.6 Å². The molecule has 4 aromatic rings. The Morgan fingerprint density at radius 2 is 1.90 bits per heavy atom. The van der Waals surface area contributed by atoms with E-state index >= 15 is 0 Å². The standard InChI is InChI=1S/C31H29ClF3N3O3S/c1-38-27(17-31(33,34)35)24(5-4-13-37-26-11-8-22(42(3,39)40)16-28(26)41-2)25-10-9-23(29(32)30(25)38)20-6-7-21-18-36-14-12-19(21)15-20/h6-11,15-16,36-37H,12-14,17-18H2,1-3H3.